The monoisotopic (exact) mass is 221 g/mol. The van der Waals surface area contributed by atoms with Crippen molar-refractivity contribution in [3.63, 3.8) is 0 Å². The number of methoxy groups -OCH3 is 2. The fraction of sp³-hybridized carbons (Fsp3) is 0.889. The Morgan fingerprint density at radius 3 is 2.40 bits per heavy atom. The molecule has 2 N–H and O–H groups in total. The number of hydrogen-bond acceptors (Lipinski definition) is 6. The van der Waals surface area contributed by atoms with E-state index in [1.54, 1.807) is 7.11 Å². The molecule has 0 aliphatic carbocycles. The third-order valence-electron chi connectivity index (χ3n) is 1.67. The van der Waals surface area contributed by atoms with E-state index in [-0.39, 0.29) is 13.2 Å². The van der Waals surface area contributed by atoms with Crippen LogP contribution in [-0.2, 0) is 23.7 Å². The smallest absolute Gasteiger partial charge is 0.336 e. The normalized spacial score (nSPS) is 12.5. The van der Waals surface area contributed by atoms with E-state index in [2.05, 4.69) is 0 Å². The van der Waals surface area contributed by atoms with Gasteiger partial charge in [-0.3, -0.25) is 0 Å². The summed E-state index contributed by atoms with van der Waals surface area (Å²) in [5.41, 5.74) is 5.28. The molecule has 0 saturated carbocycles. The zero-order valence-corrected chi connectivity index (χ0v) is 9.23. The van der Waals surface area contributed by atoms with Crippen LogP contribution in [0.4, 0.5) is 0 Å². The fourth-order valence-corrected chi connectivity index (χ4v) is 0.827. The second-order valence-corrected chi connectivity index (χ2v) is 2.73. The van der Waals surface area contributed by atoms with Crippen LogP contribution in [0.25, 0.3) is 0 Å². The highest BCUT2D eigenvalue weighted by Crippen LogP contribution is 1.91. The van der Waals surface area contributed by atoms with E-state index in [1.807, 2.05) is 0 Å². The molecule has 0 radical (unpaired) electrons. The van der Waals surface area contributed by atoms with Crippen LogP contribution in [0.1, 0.15) is 0 Å². The van der Waals surface area contributed by atoms with Gasteiger partial charge in [0.2, 0.25) is 0 Å². The van der Waals surface area contributed by atoms with Crippen LogP contribution < -0.4 is 5.73 Å². The van der Waals surface area contributed by atoms with E-state index in [4.69, 9.17) is 24.7 Å². The summed E-state index contributed by atoms with van der Waals surface area (Å²) in [4.78, 5) is 11.2. The van der Waals surface area contributed by atoms with E-state index < -0.39 is 12.1 Å². The largest absolute Gasteiger partial charge is 0.461 e. The second-order valence-electron chi connectivity index (χ2n) is 2.73. The highest BCUT2D eigenvalue weighted by Gasteiger charge is 2.16. The van der Waals surface area contributed by atoms with Gasteiger partial charge in [0.25, 0.3) is 0 Å². The molecule has 0 fully saturated rings. The summed E-state index contributed by atoms with van der Waals surface area (Å²) in [6.45, 7) is 1.66. The number of hydrogen-bond donors (Lipinski definition) is 1. The summed E-state index contributed by atoms with van der Waals surface area (Å²) in [6, 6.07) is 0. The molecular formula is C9H19NO5. The molecule has 0 aromatic heterocycles. The average molecular weight is 221 g/mol. The molecule has 1 atom stereocenters. The Labute approximate surface area is 89.6 Å². The Morgan fingerprint density at radius 1 is 1.20 bits per heavy atom. The van der Waals surface area contributed by atoms with Gasteiger partial charge in [-0.15, -0.1) is 0 Å². The summed E-state index contributed by atoms with van der Waals surface area (Å²) in [6.07, 6.45) is -0.691. The second kappa shape index (κ2) is 9.85. The number of ether oxygens (including phenoxy) is 4. The minimum Gasteiger partial charge on any atom is -0.461 e. The predicted molar refractivity (Wildman–Crippen MR) is 53.5 cm³/mol. The Balaban J connectivity index is 3.38. The molecule has 0 saturated heterocycles. The first-order valence-corrected chi connectivity index (χ1v) is 4.72. The molecule has 6 nitrogen and oxygen atoms in total. The van der Waals surface area contributed by atoms with E-state index in [0.29, 0.717) is 19.8 Å². The van der Waals surface area contributed by atoms with E-state index in [1.165, 1.54) is 7.11 Å². The lowest BCUT2D eigenvalue weighted by atomic mass is 10.4. The summed E-state index contributed by atoms with van der Waals surface area (Å²) in [7, 11) is 3.00. The van der Waals surface area contributed by atoms with Gasteiger partial charge >= 0.3 is 5.97 Å². The SMILES string of the molecule is COCCOCCOC(=O)C(CN)OC. The van der Waals surface area contributed by atoms with E-state index in [9.17, 15) is 4.79 Å². The highest BCUT2D eigenvalue weighted by molar-refractivity contribution is 5.74. The standard InChI is InChI=1S/C9H19NO5/c1-12-3-4-14-5-6-15-9(11)8(7-10)13-2/h8H,3-7,10H2,1-2H3. The van der Waals surface area contributed by atoms with Crippen LogP contribution >= 0.6 is 0 Å². The van der Waals surface area contributed by atoms with Gasteiger partial charge in [-0.1, -0.05) is 0 Å². The minimum absolute atomic E-state index is 0.111. The van der Waals surface area contributed by atoms with Crippen LogP contribution in [-0.4, -0.2) is 59.3 Å². The molecular weight excluding hydrogens is 202 g/mol. The molecule has 0 rings (SSSR count). The number of nitrogens with two attached hydrogens (primary N) is 1. The van der Waals surface area contributed by atoms with Crippen molar-refractivity contribution in [1.29, 1.82) is 0 Å². The molecule has 0 spiro atoms. The highest BCUT2D eigenvalue weighted by atomic mass is 16.6. The van der Waals surface area contributed by atoms with Crippen LogP contribution in [0.2, 0.25) is 0 Å². The number of carbonyl (C=O) groups is 1. The Hall–Kier alpha value is -0.690. The lowest BCUT2D eigenvalue weighted by molar-refractivity contribution is -0.156. The maximum atomic E-state index is 11.2. The molecule has 0 aliphatic rings. The topological polar surface area (TPSA) is 80.0 Å². The summed E-state index contributed by atoms with van der Waals surface area (Å²) >= 11 is 0. The maximum absolute atomic E-state index is 11.2. The van der Waals surface area contributed by atoms with Gasteiger partial charge in [-0.25, -0.2) is 4.79 Å². The molecule has 0 aliphatic heterocycles. The first-order valence-electron chi connectivity index (χ1n) is 4.72. The average Bonchev–Trinajstić information content (AvgIpc) is 2.25. The molecule has 90 valence electrons. The fourth-order valence-electron chi connectivity index (χ4n) is 0.827. The molecule has 0 bridgehead atoms. The van der Waals surface area contributed by atoms with Crippen molar-refractivity contribution in [3.05, 3.63) is 0 Å². The molecule has 0 heterocycles. The van der Waals surface area contributed by atoms with Crippen LogP contribution in [0.15, 0.2) is 0 Å². The molecule has 0 aromatic carbocycles. The molecule has 6 heteroatoms. The van der Waals surface area contributed by atoms with E-state index >= 15 is 0 Å². The van der Waals surface area contributed by atoms with Crippen LogP contribution in [0, 0.1) is 0 Å². The Morgan fingerprint density at radius 2 is 1.87 bits per heavy atom. The first-order chi connectivity index (χ1) is 7.26. The minimum atomic E-state index is -0.691. The lowest BCUT2D eigenvalue weighted by Crippen LogP contribution is -2.33. The van der Waals surface area contributed by atoms with Crippen molar-refractivity contribution < 1.29 is 23.7 Å². The zero-order chi connectivity index (χ0) is 11.5. The van der Waals surface area contributed by atoms with Crippen molar-refractivity contribution in [1.82, 2.24) is 0 Å². The summed E-state index contributed by atoms with van der Waals surface area (Å²) in [5.74, 6) is -0.463. The molecule has 15 heavy (non-hydrogen) atoms. The first kappa shape index (κ1) is 14.3. The van der Waals surface area contributed by atoms with Gasteiger partial charge in [0.05, 0.1) is 19.8 Å². The number of rotatable bonds is 9. The number of carbonyl (C=O) groups excluding carboxylic acids is 1. The van der Waals surface area contributed by atoms with E-state index in [0.717, 1.165) is 0 Å². The third-order valence-corrected chi connectivity index (χ3v) is 1.67. The summed E-state index contributed by atoms with van der Waals surface area (Å²) < 4.78 is 19.5. The lowest BCUT2D eigenvalue weighted by Gasteiger charge is -2.12. The van der Waals surface area contributed by atoms with Gasteiger partial charge in [-0.2, -0.15) is 0 Å². The van der Waals surface area contributed by atoms with Gasteiger partial charge in [0, 0.05) is 20.8 Å². The van der Waals surface area contributed by atoms with Crippen LogP contribution in [0.3, 0.4) is 0 Å². The van der Waals surface area contributed by atoms with Crippen molar-refractivity contribution in [2.75, 3.05) is 47.2 Å². The van der Waals surface area contributed by atoms with Gasteiger partial charge in [0.15, 0.2) is 6.10 Å². The third kappa shape index (κ3) is 7.26. The predicted octanol–water partition coefficient (Wildman–Crippen LogP) is -0.834. The molecule has 1 unspecified atom stereocenters. The van der Waals surface area contributed by atoms with Gasteiger partial charge < -0.3 is 24.7 Å². The Kier molecular flexibility index (Phi) is 9.40. The molecule has 0 amide bonds. The van der Waals surface area contributed by atoms with Crippen molar-refractivity contribution in [2.45, 2.75) is 6.10 Å². The van der Waals surface area contributed by atoms with Crippen LogP contribution in [0.5, 0.6) is 0 Å². The number of esters is 1. The van der Waals surface area contributed by atoms with Crippen molar-refractivity contribution in [2.24, 2.45) is 5.73 Å². The van der Waals surface area contributed by atoms with Gasteiger partial charge in [0.1, 0.15) is 6.61 Å². The Bertz CT molecular complexity index is 161. The molecule has 0 aromatic rings. The van der Waals surface area contributed by atoms with Gasteiger partial charge in [-0.05, 0) is 0 Å². The zero-order valence-electron chi connectivity index (χ0n) is 9.23. The van der Waals surface area contributed by atoms with Crippen molar-refractivity contribution in [3.8, 4) is 0 Å². The quantitative estimate of drug-likeness (QED) is 0.404. The van der Waals surface area contributed by atoms with Crippen molar-refractivity contribution >= 4 is 5.97 Å². The maximum Gasteiger partial charge on any atom is 0.336 e. The summed E-state index contributed by atoms with van der Waals surface area (Å²) in [5, 5.41) is 0.